The fourth-order valence-corrected chi connectivity index (χ4v) is 2.07. The van der Waals surface area contributed by atoms with Gasteiger partial charge in [-0.3, -0.25) is 0 Å². The molecule has 3 heteroatoms. The van der Waals surface area contributed by atoms with Crippen molar-refractivity contribution in [3.63, 3.8) is 0 Å². The van der Waals surface area contributed by atoms with Crippen molar-refractivity contribution < 1.29 is 9.13 Å². The molecule has 0 heterocycles. The van der Waals surface area contributed by atoms with Gasteiger partial charge in [-0.1, -0.05) is 43.0 Å². The number of para-hydroxylation sites is 1. The lowest BCUT2D eigenvalue weighted by molar-refractivity contribution is 0.357. The molecule has 0 aliphatic heterocycles. The van der Waals surface area contributed by atoms with Crippen molar-refractivity contribution in [2.45, 2.75) is 19.5 Å². The largest absolute Gasteiger partial charge is 0.489 e. The van der Waals surface area contributed by atoms with E-state index in [0.29, 0.717) is 13.2 Å². The van der Waals surface area contributed by atoms with Gasteiger partial charge in [-0.2, -0.15) is 0 Å². The van der Waals surface area contributed by atoms with Crippen LogP contribution < -0.4 is 10.1 Å². The summed E-state index contributed by atoms with van der Waals surface area (Å²) in [4.78, 5) is 0. The van der Waals surface area contributed by atoms with E-state index < -0.39 is 0 Å². The molecule has 0 amide bonds. The predicted molar refractivity (Wildman–Crippen MR) is 83.8 cm³/mol. The molecule has 1 unspecified atom stereocenters. The molecule has 110 valence electrons. The lowest BCUT2D eigenvalue weighted by atomic mass is 10.1. The van der Waals surface area contributed by atoms with E-state index in [-0.39, 0.29) is 11.9 Å². The second kappa shape index (κ2) is 7.60. The van der Waals surface area contributed by atoms with Gasteiger partial charge in [-0.25, -0.2) is 4.39 Å². The van der Waals surface area contributed by atoms with Crippen molar-refractivity contribution in [3.8, 4) is 5.75 Å². The minimum Gasteiger partial charge on any atom is -0.489 e. The summed E-state index contributed by atoms with van der Waals surface area (Å²) in [5.41, 5.74) is 2.15. The van der Waals surface area contributed by atoms with E-state index in [1.54, 1.807) is 18.2 Å². The Morgan fingerprint density at radius 1 is 1.19 bits per heavy atom. The van der Waals surface area contributed by atoms with E-state index in [2.05, 4.69) is 18.8 Å². The van der Waals surface area contributed by atoms with Crippen LogP contribution in [0.3, 0.4) is 0 Å². The van der Waals surface area contributed by atoms with E-state index in [1.165, 1.54) is 12.1 Å². The number of ether oxygens (including phenoxy) is 1. The molecule has 0 aliphatic rings. The zero-order chi connectivity index (χ0) is 15.1. The third kappa shape index (κ3) is 4.43. The quantitative estimate of drug-likeness (QED) is 0.768. The van der Waals surface area contributed by atoms with Crippen LogP contribution in [-0.4, -0.2) is 6.61 Å². The summed E-state index contributed by atoms with van der Waals surface area (Å²) in [6, 6.07) is 14.6. The Balaban J connectivity index is 1.99. The lowest BCUT2D eigenvalue weighted by Gasteiger charge is -2.16. The molecule has 2 nitrogen and oxygen atoms in total. The summed E-state index contributed by atoms with van der Waals surface area (Å²) in [7, 11) is 0. The minimum atomic E-state index is -0.214. The Morgan fingerprint density at radius 2 is 1.90 bits per heavy atom. The first kappa shape index (κ1) is 15.3. The average Bonchev–Trinajstić information content (AvgIpc) is 2.52. The summed E-state index contributed by atoms with van der Waals surface area (Å²) in [5, 5.41) is 3.42. The highest BCUT2D eigenvalue weighted by Crippen LogP contribution is 2.20. The van der Waals surface area contributed by atoms with Crippen LogP contribution in [0.25, 0.3) is 0 Å². The van der Waals surface area contributed by atoms with Gasteiger partial charge in [-0.15, -0.1) is 0 Å². The second-order valence-electron chi connectivity index (χ2n) is 4.86. The molecule has 2 aromatic carbocycles. The maximum Gasteiger partial charge on any atom is 0.124 e. The van der Waals surface area contributed by atoms with Crippen molar-refractivity contribution in [1.29, 1.82) is 0 Å². The highest BCUT2D eigenvalue weighted by molar-refractivity contribution is 5.33. The summed E-state index contributed by atoms with van der Waals surface area (Å²) in [5.74, 6) is 0.644. The fourth-order valence-electron chi connectivity index (χ4n) is 2.07. The molecule has 1 N–H and O–H groups in total. The van der Waals surface area contributed by atoms with E-state index in [9.17, 15) is 4.39 Å². The van der Waals surface area contributed by atoms with Crippen LogP contribution in [-0.2, 0) is 6.54 Å². The van der Waals surface area contributed by atoms with Crippen molar-refractivity contribution >= 4 is 0 Å². The van der Waals surface area contributed by atoms with Gasteiger partial charge in [0.05, 0.1) is 0 Å². The van der Waals surface area contributed by atoms with Gasteiger partial charge in [0.1, 0.15) is 18.2 Å². The normalized spacial score (nSPS) is 11.9. The van der Waals surface area contributed by atoms with Gasteiger partial charge in [0, 0.05) is 18.2 Å². The van der Waals surface area contributed by atoms with E-state index >= 15 is 0 Å². The summed E-state index contributed by atoms with van der Waals surface area (Å²) in [6.45, 7) is 6.89. The number of halogens is 1. The SMILES string of the molecule is C=CCOc1ccccc1CNC(C)c1ccc(F)cc1. The number of hydrogen-bond acceptors (Lipinski definition) is 2. The zero-order valence-corrected chi connectivity index (χ0v) is 12.2. The predicted octanol–water partition coefficient (Wildman–Crippen LogP) is 4.24. The van der Waals surface area contributed by atoms with E-state index in [0.717, 1.165) is 16.9 Å². The second-order valence-corrected chi connectivity index (χ2v) is 4.86. The van der Waals surface area contributed by atoms with Gasteiger partial charge in [0.25, 0.3) is 0 Å². The molecule has 1 atom stereocenters. The smallest absolute Gasteiger partial charge is 0.124 e. The molecule has 0 radical (unpaired) electrons. The van der Waals surface area contributed by atoms with Crippen LogP contribution >= 0.6 is 0 Å². The Hall–Kier alpha value is -2.13. The first-order valence-corrected chi connectivity index (χ1v) is 7.01. The van der Waals surface area contributed by atoms with Gasteiger partial charge < -0.3 is 10.1 Å². The first-order valence-electron chi connectivity index (χ1n) is 7.01. The molecule has 2 rings (SSSR count). The Kier molecular flexibility index (Phi) is 5.52. The molecule has 0 aromatic heterocycles. The average molecular weight is 285 g/mol. The first-order chi connectivity index (χ1) is 10.2. The maximum atomic E-state index is 12.9. The highest BCUT2D eigenvalue weighted by atomic mass is 19.1. The third-order valence-corrected chi connectivity index (χ3v) is 3.30. The topological polar surface area (TPSA) is 21.3 Å². The zero-order valence-electron chi connectivity index (χ0n) is 12.2. The van der Waals surface area contributed by atoms with E-state index in [1.807, 2.05) is 24.3 Å². The van der Waals surface area contributed by atoms with Crippen LogP contribution in [0.15, 0.2) is 61.2 Å². The van der Waals surface area contributed by atoms with Crippen LogP contribution in [0.2, 0.25) is 0 Å². The molecule has 0 saturated carbocycles. The summed E-state index contributed by atoms with van der Waals surface area (Å²) >= 11 is 0. The molecular formula is C18H20FNO. The van der Waals surface area contributed by atoms with Crippen molar-refractivity contribution in [3.05, 3.63) is 78.1 Å². The lowest BCUT2D eigenvalue weighted by Crippen LogP contribution is -2.18. The standard InChI is InChI=1S/C18H20FNO/c1-3-12-21-18-7-5-4-6-16(18)13-20-14(2)15-8-10-17(19)11-9-15/h3-11,14,20H,1,12-13H2,2H3. The number of benzene rings is 2. The van der Waals surface area contributed by atoms with Crippen LogP contribution in [0, 0.1) is 5.82 Å². The van der Waals surface area contributed by atoms with Crippen LogP contribution in [0.4, 0.5) is 4.39 Å². The highest BCUT2D eigenvalue weighted by Gasteiger charge is 2.07. The van der Waals surface area contributed by atoms with Crippen molar-refractivity contribution in [1.82, 2.24) is 5.32 Å². The monoisotopic (exact) mass is 285 g/mol. The molecule has 0 saturated heterocycles. The number of nitrogens with one attached hydrogen (secondary N) is 1. The fraction of sp³-hybridized carbons (Fsp3) is 0.222. The molecule has 21 heavy (non-hydrogen) atoms. The van der Waals surface area contributed by atoms with Crippen LogP contribution in [0.1, 0.15) is 24.1 Å². The van der Waals surface area contributed by atoms with Crippen molar-refractivity contribution in [2.24, 2.45) is 0 Å². The van der Waals surface area contributed by atoms with Gasteiger partial charge in [0.2, 0.25) is 0 Å². The van der Waals surface area contributed by atoms with Gasteiger partial charge >= 0.3 is 0 Å². The van der Waals surface area contributed by atoms with Gasteiger partial charge in [-0.05, 0) is 30.7 Å². The van der Waals surface area contributed by atoms with E-state index in [4.69, 9.17) is 4.74 Å². The molecule has 0 bridgehead atoms. The summed E-state index contributed by atoms with van der Waals surface area (Å²) < 4.78 is 18.6. The summed E-state index contributed by atoms with van der Waals surface area (Å²) in [6.07, 6.45) is 1.73. The molecule has 0 spiro atoms. The third-order valence-electron chi connectivity index (χ3n) is 3.30. The Morgan fingerprint density at radius 3 is 2.62 bits per heavy atom. The number of hydrogen-bond donors (Lipinski definition) is 1. The number of rotatable bonds is 7. The van der Waals surface area contributed by atoms with Crippen LogP contribution in [0.5, 0.6) is 5.75 Å². The molecule has 2 aromatic rings. The van der Waals surface area contributed by atoms with Crippen molar-refractivity contribution in [2.75, 3.05) is 6.61 Å². The van der Waals surface area contributed by atoms with Gasteiger partial charge in [0.15, 0.2) is 0 Å². The molecule has 0 aliphatic carbocycles. The maximum absolute atomic E-state index is 12.9. The molecular weight excluding hydrogens is 265 g/mol. The molecule has 0 fully saturated rings. The Bertz CT molecular complexity index is 580. The Labute approximate surface area is 125 Å². The minimum absolute atomic E-state index is 0.137.